The highest BCUT2D eigenvalue weighted by molar-refractivity contribution is 5.86. The molecule has 1 saturated carbocycles. The van der Waals surface area contributed by atoms with E-state index in [-0.39, 0.29) is 11.5 Å². The molecule has 3 aliphatic carbocycles. The highest BCUT2D eigenvalue weighted by Gasteiger charge is 2.44. The summed E-state index contributed by atoms with van der Waals surface area (Å²) < 4.78 is 4.27. The van der Waals surface area contributed by atoms with Gasteiger partial charge in [-0.2, -0.15) is 0 Å². The Bertz CT molecular complexity index is 530. The maximum Gasteiger partial charge on any atom is 0.332 e. The zero-order valence-electron chi connectivity index (χ0n) is 14.1. The lowest BCUT2D eigenvalue weighted by atomic mass is 9.86. The van der Waals surface area contributed by atoms with Crippen molar-refractivity contribution >= 4 is 11.9 Å². The van der Waals surface area contributed by atoms with Crippen LogP contribution < -0.4 is 0 Å². The maximum absolute atomic E-state index is 10.2. The minimum Gasteiger partial charge on any atom is -0.478 e. The van der Waals surface area contributed by atoms with Crippen LogP contribution in [0.3, 0.4) is 0 Å². The monoisotopic (exact) mass is 318 g/mol. The molecule has 126 valence electrons. The van der Waals surface area contributed by atoms with Gasteiger partial charge in [-0.15, -0.1) is 0 Å². The quantitative estimate of drug-likeness (QED) is 0.478. The van der Waals surface area contributed by atoms with E-state index in [1.54, 1.807) is 6.92 Å². The van der Waals surface area contributed by atoms with Crippen LogP contribution in [0, 0.1) is 23.7 Å². The molecule has 3 rings (SSSR count). The second kappa shape index (κ2) is 8.51. The Morgan fingerprint density at radius 1 is 1.09 bits per heavy atom. The van der Waals surface area contributed by atoms with Crippen LogP contribution in [0.25, 0.3) is 0 Å². The summed E-state index contributed by atoms with van der Waals surface area (Å²) in [7, 11) is 1.33. The van der Waals surface area contributed by atoms with E-state index in [0.29, 0.717) is 5.57 Å². The predicted molar refractivity (Wildman–Crippen MR) is 90.8 cm³/mol. The smallest absolute Gasteiger partial charge is 0.332 e. The highest BCUT2D eigenvalue weighted by Crippen LogP contribution is 2.52. The second-order valence-electron chi connectivity index (χ2n) is 6.21. The third kappa shape index (κ3) is 5.23. The number of ether oxygens (including phenoxy) is 1. The molecule has 1 N–H and O–H groups in total. The van der Waals surface area contributed by atoms with E-state index in [4.69, 9.17) is 5.11 Å². The molecule has 2 bridgehead atoms. The van der Waals surface area contributed by atoms with Crippen molar-refractivity contribution in [2.24, 2.45) is 23.7 Å². The van der Waals surface area contributed by atoms with Gasteiger partial charge in [-0.05, 0) is 50.4 Å². The van der Waals surface area contributed by atoms with E-state index in [1.165, 1.54) is 26.9 Å². The fraction of sp³-hybridized carbons (Fsp3) is 0.474. The van der Waals surface area contributed by atoms with E-state index in [2.05, 4.69) is 42.2 Å². The van der Waals surface area contributed by atoms with Gasteiger partial charge in [-0.3, -0.25) is 0 Å². The number of rotatable bonds is 2. The lowest BCUT2D eigenvalue weighted by molar-refractivity contribution is -0.136. The average molecular weight is 318 g/mol. The number of hydrogen-bond acceptors (Lipinski definition) is 3. The minimum absolute atomic E-state index is 0.176. The molecule has 0 aromatic carbocycles. The first kappa shape index (κ1) is 18.9. The number of methoxy groups -OCH3 is 1. The lowest BCUT2D eigenvalue weighted by Crippen LogP contribution is -2.12. The molecule has 1 fully saturated rings. The number of carbonyl (C=O) groups is 2. The number of carboxylic acid groups (broad SMARTS) is 1. The molecule has 0 aromatic rings. The van der Waals surface area contributed by atoms with Crippen LogP contribution in [0.2, 0.25) is 0 Å². The van der Waals surface area contributed by atoms with Crippen LogP contribution in [0.1, 0.15) is 26.7 Å². The topological polar surface area (TPSA) is 63.6 Å². The van der Waals surface area contributed by atoms with E-state index in [1.807, 2.05) is 0 Å². The largest absolute Gasteiger partial charge is 0.478 e. The van der Waals surface area contributed by atoms with Crippen molar-refractivity contribution in [2.45, 2.75) is 26.7 Å². The van der Waals surface area contributed by atoms with Gasteiger partial charge >= 0.3 is 11.9 Å². The fourth-order valence-electron chi connectivity index (χ4n) is 3.15. The zero-order chi connectivity index (χ0) is 17.6. The number of hydrogen-bond donors (Lipinski definition) is 1. The molecule has 0 radical (unpaired) electrons. The van der Waals surface area contributed by atoms with Crippen LogP contribution in [0.15, 0.2) is 48.6 Å². The van der Waals surface area contributed by atoms with Gasteiger partial charge < -0.3 is 9.84 Å². The molecule has 0 spiro atoms. The SMILES string of the molecule is C1=CC2C3C=CC(C3)C2C1.C=C(C)C(=O)O.C=C(C)C(=O)OC. The predicted octanol–water partition coefficient (Wildman–Crippen LogP) is 3.77. The van der Waals surface area contributed by atoms with Crippen molar-refractivity contribution in [1.29, 1.82) is 0 Å². The first-order valence-corrected chi connectivity index (χ1v) is 7.75. The molecule has 4 unspecified atom stereocenters. The van der Waals surface area contributed by atoms with Crippen molar-refractivity contribution in [3.8, 4) is 0 Å². The number of aliphatic carboxylic acids is 1. The Labute approximate surface area is 138 Å². The van der Waals surface area contributed by atoms with Gasteiger partial charge in [0.2, 0.25) is 0 Å². The molecule has 0 aromatic heterocycles. The van der Waals surface area contributed by atoms with Gasteiger partial charge in [0.1, 0.15) is 0 Å². The van der Waals surface area contributed by atoms with E-state index >= 15 is 0 Å². The Morgan fingerprint density at radius 2 is 1.65 bits per heavy atom. The first-order valence-electron chi connectivity index (χ1n) is 7.75. The van der Waals surface area contributed by atoms with Gasteiger partial charge in [-0.1, -0.05) is 37.5 Å². The molecule has 3 aliphatic rings. The Hall–Kier alpha value is -2.10. The summed E-state index contributed by atoms with van der Waals surface area (Å²) in [5.41, 5.74) is 0.609. The van der Waals surface area contributed by atoms with Crippen molar-refractivity contribution < 1.29 is 19.4 Å². The van der Waals surface area contributed by atoms with Crippen LogP contribution in [0.5, 0.6) is 0 Å². The summed E-state index contributed by atoms with van der Waals surface area (Å²) in [6.07, 6.45) is 12.5. The van der Waals surface area contributed by atoms with E-state index in [9.17, 15) is 9.59 Å². The molecule has 0 saturated heterocycles. The Morgan fingerprint density at radius 3 is 2.04 bits per heavy atom. The molecule has 0 amide bonds. The molecule has 23 heavy (non-hydrogen) atoms. The maximum atomic E-state index is 10.2. The average Bonchev–Trinajstić information content (AvgIpc) is 3.20. The number of fused-ring (bicyclic) bond motifs is 5. The fourth-order valence-corrected chi connectivity index (χ4v) is 3.15. The van der Waals surface area contributed by atoms with Gasteiger partial charge in [0, 0.05) is 11.1 Å². The third-order valence-electron chi connectivity index (χ3n) is 4.35. The Balaban J connectivity index is 0.000000183. The van der Waals surface area contributed by atoms with Crippen molar-refractivity contribution in [1.82, 2.24) is 0 Å². The molecular weight excluding hydrogens is 292 g/mol. The van der Waals surface area contributed by atoms with E-state index < -0.39 is 5.97 Å². The third-order valence-corrected chi connectivity index (χ3v) is 4.35. The van der Waals surface area contributed by atoms with Crippen LogP contribution in [0.4, 0.5) is 0 Å². The summed E-state index contributed by atoms with van der Waals surface area (Å²) in [5, 5.41) is 7.89. The second-order valence-corrected chi connectivity index (χ2v) is 6.21. The summed E-state index contributed by atoms with van der Waals surface area (Å²) in [6.45, 7) is 9.56. The highest BCUT2D eigenvalue weighted by atomic mass is 16.5. The van der Waals surface area contributed by atoms with Crippen LogP contribution in [-0.4, -0.2) is 24.2 Å². The minimum atomic E-state index is -0.935. The van der Waals surface area contributed by atoms with Crippen LogP contribution in [-0.2, 0) is 14.3 Å². The molecule has 4 atom stereocenters. The van der Waals surface area contributed by atoms with Crippen LogP contribution >= 0.6 is 0 Å². The molecular formula is C19H26O4. The van der Waals surface area contributed by atoms with Gasteiger partial charge in [0.15, 0.2) is 0 Å². The number of carboxylic acids is 1. The Kier molecular flexibility index (Phi) is 7.01. The van der Waals surface area contributed by atoms with Crippen molar-refractivity contribution in [3.63, 3.8) is 0 Å². The lowest BCUT2D eigenvalue weighted by Gasteiger charge is -2.18. The molecule has 4 nitrogen and oxygen atoms in total. The van der Waals surface area contributed by atoms with Gasteiger partial charge in [-0.25, -0.2) is 9.59 Å². The number of esters is 1. The normalized spacial score (nSPS) is 28.0. The van der Waals surface area contributed by atoms with Gasteiger partial charge in [0.25, 0.3) is 0 Å². The summed E-state index contributed by atoms with van der Waals surface area (Å²) in [5.74, 6) is 2.54. The van der Waals surface area contributed by atoms with Crippen molar-refractivity contribution in [2.75, 3.05) is 7.11 Å². The molecule has 0 heterocycles. The summed E-state index contributed by atoms with van der Waals surface area (Å²) in [6, 6.07) is 0. The standard InChI is InChI=1S/C10H12.C5H8O2.C4H6O2/c1-2-9-7-4-5-8(6-7)10(9)3-1;1-4(2)5(6)7-3;1-3(2)4(5)6/h1-2,4-5,7-10H,3,6H2;1H2,2-3H3;1H2,2H3,(H,5,6). The van der Waals surface area contributed by atoms with Crippen molar-refractivity contribution in [3.05, 3.63) is 48.6 Å². The first-order chi connectivity index (χ1) is 10.8. The summed E-state index contributed by atoms with van der Waals surface area (Å²) in [4.78, 5) is 19.8. The van der Waals surface area contributed by atoms with Gasteiger partial charge in [0.05, 0.1) is 7.11 Å². The zero-order valence-corrected chi connectivity index (χ0v) is 14.1. The number of allylic oxidation sites excluding steroid dienone is 4. The molecule has 4 heteroatoms. The van der Waals surface area contributed by atoms with E-state index in [0.717, 1.165) is 23.7 Å². The summed E-state index contributed by atoms with van der Waals surface area (Å²) >= 11 is 0. The molecule has 0 aliphatic heterocycles. The number of carbonyl (C=O) groups excluding carboxylic acids is 1.